The Bertz CT molecular complexity index is 978. The van der Waals surface area contributed by atoms with Crippen molar-refractivity contribution in [2.24, 2.45) is 0 Å². The second kappa shape index (κ2) is 9.40. The zero-order chi connectivity index (χ0) is 22.7. The number of nitrogens with zero attached hydrogens (tertiary/aromatic N) is 1. The molecule has 0 spiro atoms. The minimum absolute atomic E-state index is 0.0670. The van der Waals surface area contributed by atoms with Gasteiger partial charge in [-0.05, 0) is 28.7 Å². The summed E-state index contributed by atoms with van der Waals surface area (Å²) in [6.45, 7) is 2.25. The van der Waals surface area contributed by atoms with Gasteiger partial charge in [-0.25, -0.2) is 9.59 Å². The first kappa shape index (κ1) is 21.8. The van der Waals surface area contributed by atoms with Gasteiger partial charge in [0, 0.05) is 12.5 Å². The smallest absolute Gasteiger partial charge is 0.407 e. The molecule has 8 nitrogen and oxygen atoms in total. The number of amides is 2. The zero-order valence-electron chi connectivity index (χ0n) is 17.8. The topological polar surface area (TPSA) is 105 Å². The van der Waals surface area contributed by atoms with Crippen molar-refractivity contribution < 1.29 is 29.0 Å². The van der Waals surface area contributed by atoms with Crippen LogP contribution in [0.4, 0.5) is 4.79 Å². The first-order valence-electron chi connectivity index (χ1n) is 10.7. The average molecular weight is 438 g/mol. The number of ether oxygens (including phenoxy) is 2. The zero-order valence-corrected chi connectivity index (χ0v) is 17.8. The van der Waals surface area contributed by atoms with E-state index in [0.29, 0.717) is 6.42 Å². The quantitative estimate of drug-likeness (QED) is 0.718. The monoisotopic (exact) mass is 438 g/mol. The minimum Gasteiger partial charge on any atom is -0.480 e. The van der Waals surface area contributed by atoms with Crippen LogP contribution in [0.15, 0.2) is 48.5 Å². The van der Waals surface area contributed by atoms with Crippen molar-refractivity contribution in [3.63, 3.8) is 0 Å². The number of carboxylic acids is 1. The number of carbonyl (C=O) groups excluding carboxylic acids is 2. The molecule has 1 fully saturated rings. The number of rotatable bonds is 6. The summed E-state index contributed by atoms with van der Waals surface area (Å²) in [5.41, 5.74) is 4.46. The van der Waals surface area contributed by atoms with Crippen LogP contribution >= 0.6 is 0 Å². The minimum atomic E-state index is -1.13. The van der Waals surface area contributed by atoms with Gasteiger partial charge in [-0.2, -0.15) is 0 Å². The lowest BCUT2D eigenvalue weighted by atomic mass is 9.98. The maximum absolute atomic E-state index is 12.9. The van der Waals surface area contributed by atoms with Crippen LogP contribution in [0.25, 0.3) is 11.1 Å². The van der Waals surface area contributed by atoms with Crippen LogP contribution in [0.5, 0.6) is 0 Å². The highest BCUT2D eigenvalue weighted by molar-refractivity contribution is 5.89. The molecule has 2 aromatic rings. The number of carboxylic acid groups (broad SMARTS) is 1. The highest BCUT2D eigenvalue weighted by Crippen LogP contribution is 2.44. The number of alkyl carbamates (subject to hydrolysis) is 1. The Labute approximate surface area is 186 Å². The van der Waals surface area contributed by atoms with Gasteiger partial charge in [0.15, 0.2) is 6.04 Å². The summed E-state index contributed by atoms with van der Waals surface area (Å²) in [4.78, 5) is 38.2. The van der Waals surface area contributed by atoms with E-state index >= 15 is 0 Å². The molecule has 0 bridgehead atoms. The van der Waals surface area contributed by atoms with Crippen LogP contribution in [0.3, 0.4) is 0 Å². The van der Waals surface area contributed by atoms with Gasteiger partial charge in [0.1, 0.15) is 12.6 Å². The molecule has 1 unspecified atom stereocenters. The molecule has 1 saturated heterocycles. The average Bonchev–Trinajstić information content (AvgIpc) is 3.14. The second-order valence-corrected chi connectivity index (χ2v) is 7.89. The fraction of sp³-hybridized carbons (Fsp3) is 0.375. The molecule has 1 heterocycles. The first-order valence-corrected chi connectivity index (χ1v) is 10.7. The van der Waals surface area contributed by atoms with E-state index in [2.05, 4.69) is 17.4 Å². The highest BCUT2D eigenvalue weighted by atomic mass is 16.5. The Morgan fingerprint density at radius 2 is 1.75 bits per heavy atom. The number of nitrogens with one attached hydrogen (secondary N) is 1. The fourth-order valence-corrected chi connectivity index (χ4v) is 4.39. The number of hydrogen-bond donors (Lipinski definition) is 2. The predicted molar refractivity (Wildman–Crippen MR) is 116 cm³/mol. The Morgan fingerprint density at radius 3 is 2.34 bits per heavy atom. The molecular formula is C24H26N2O6. The number of benzene rings is 2. The normalized spacial score (nSPS) is 18.4. The molecule has 2 amide bonds. The number of fused-ring (bicyclic) bond motifs is 3. The van der Waals surface area contributed by atoms with Crippen molar-refractivity contribution in [1.29, 1.82) is 0 Å². The van der Waals surface area contributed by atoms with Crippen LogP contribution in [0.2, 0.25) is 0 Å². The molecule has 2 aliphatic rings. The lowest BCUT2D eigenvalue weighted by Gasteiger charge is -2.35. The lowest BCUT2D eigenvalue weighted by Crippen LogP contribution is -2.58. The molecule has 1 aliphatic heterocycles. The molecule has 0 radical (unpaired) electrons. The molecule has 0 saturated carbocycles. The van der Waals surface area contributed by atoms with Crippen LogP contribution in [-0.4, -0.2) is 66.4 Å². The summed E-state index contributed by atoms with van der Waals surface area (Å²) in [7, 11) is 0. The Morgan fingerprint density at radius 1 is 1.12 bits per heavy atom. The summed E-state index contributed by atoms with van der Waals surface area (Å²) in [5, 5.41) is 12.0. The van der Waals surface area contributed by atoms with Crippen molar-refractivity contribution in [2.45, 2.75) is 31.3 Å². The summed E-state index contributed by atoms with van der Waals surface area (Å²) in [6.07, 6.45) is -0.389. The van der Waals surface area contributed by atoms with Crippen molar-refractivity contribution in [3.8, 4) is 11.1 Å². The van der Waals surface area contributed by atoms with E-state index in [1.165, 1.54) is 4.90 Å². The summed E-state index contributed by atoms with van der Waals surface area (Å²) in [6, 6.07) is 14.1. The fourth-order valence-electron chi connectivity index (χ4n) is 4.39. The molecule has 4 rings (SSSR count). The van der Waals surface area contributed by atoms with Gasteiger partial charge >= 0.3 is 12.1 Å². The van der Waals surface area contributed by atoms with E-state index in [4.69, 9.17) is 9.47 Å². The third-order valence-corrected chi connectivity index (χ3v) is 6.04. The molecule has 0 aromatic heterocycles. The maximum Gasteiger partial charge on any atom is 0.407 e. The van der Waals surface area contributed by atoms with Crippen molar-refractivity contribution in [2.75, 3.05) is 26.4 Å². The molecule has 32 heavy (non-hydrogen) atoms. The van der Waals surface area contributed by atoms with Gasteiger partial charge in [0.05, 0.1) is 13.2 Å². The van der Waals surface area contributed by atoms with Crippen molar-refractivity contribution in [3.05, 3.63) is 59.7 Å². The van der Waals surface area contributed by atoms with Crippen LogP contribution in [-0.2, 0) is 19.1 Å². The Kier molecular flexibility index (Phi) is 6.41. The molecule has 168 valence electrons. The van der Waals surface area contributed by atoms with Gasteiger partial charge in [0.2, 0.25) is 5.91 Å². The number of hydrogen-bond acceptors (Lipinski definition) is 5. The van der Waals surface area contributed by atoms with Gasteiger partial charge in [0.25, 0.3) is 0 Å². The van der Waals surface area contributed by atoms with E-state index in [0.717, 1.165) is 22.3 Å². The third kappa shape index (κ3) is 4.18. The molecule has 2 N–H and O–H groups in total. The van der Waals surface area contributed by atoms with Crippen LogP contribution < -0.4 is 5.32 Å². The van der Waals surface area contributed by atoms with E-state index < -0.39 is 30.1 Å². The maximum atomic E-state index is 12.9. The first-order chi connectivity index (χ1) is 15.5. The number of morpholine rings is 1. The molecule has 2 aromatic carbocycles. The Balaban J connectivity index is 1.41. The standard InChI is InChI=1S/C24H26N2O6/c1-2-20(22(27)26-11-12-31-14-21(26)23(28)29)25-24(30)32-13-19-17-9-5-3-7-15(17)16-8-4-6-10-18(16)19/h3-10,19-21H,2,11-14H2,1H3,(H,25,30)(H,28,29)/t20-,21?/m0/s1. The number of aliphatic carboxylic acids is 1. The summed E-state index contributed by atoms with van der Waals surface area (Å²) in [5.74, 6) is -1.66. The van der Waals surface area contributed by atoms with Crippen LogP contribution in [0.1, 0.15) is 30.4 Å². The third-order valence-electron chi connectivity index (χ3n) is 6.04. The predicted octanol–water partition coefficient (Wildman–Crippen LogP) is 2.62. The van der Waals surface area contributed by atoms with E-state index in [-0.39, 0.29) is 32.3 Å². The second-order valence-electron chi connectivity index (χ2n) is 7.89. The van der Waals surface area contributed by atoms with Gasteiger partial charge in [-0.1, -0.05) is 55.5 Å². The summed E-state index contributed by atoms with van der Waals surface area (Å²) >= 11 is 0. The van der Waals surface area contributed by atoms with E-state index in [9.17, 15) is 19.5 Å². The van der Waals surface area contributed by atoms with Gasteiger partial charge in [-0.15, -0.1) is 0 Å². The van der Waals surface area contributed by atoms with Crippen LogP contribution in [0, 0.1) is 0 Å². The molecule has 8 heteroatoms. The van der Waals surface area contributed by atoms with E-state index in [1.54, 1.807) is 6.92 Å². The lowest BCUT2D eigenvalue weighted by molar-refractivity contribution is -0.159. The van der Waals surface area contributed by atoms with Crippen molar-refractivity contribution in [1.82, 2.24) is 10.2 Å². The molecule has 2 atom stereocenters. The number of carbonyl (C=O) groups is 3. The van der Waals surface area contributed by atoms with E-state index in [1.807, 2.05) is 36.4 Å². The molecular weight excluding hydrogens is 412 g/mol. The molecule has 1 aliphatic carbocycles. The van der Waals surface area contributed by atoms with Crippen molar-refractivity contribution >= 4 is 18.0 Å². The van der Waals surface area contributed by atoms with Gasteiger partial charge in [-0.3, -0.25) is 4.79 Å². The van der Waals surface area contributed by atoms with Gasteiger partial charge < -0.3 is 24.8 Å². The Hall–Kier alpha value is -3.39. The SMILES string of the molecule is CC[C@H](NC(=O)OCC1c2ccccc2-c2ccccc21)C(=O)N1CCOCC1C(=O)O. The largest absolute Gasteiger partial charge is 0.480 e. The summed E-state index contributed by atoms with van der Waals surface area (Å²) < 4.78 is 10.7. The highest BCUT2D eigenvalue weighted by Gasteiger charge is 2.36.